The highest BCUT2D eigenvalue weighted by Crippen LogP contribution is 2.28. The first-order chi connectivity index (χ1) is 9.73. The van der Waals surface area contributed by atoms with E-state index < -0.39 is 15.6 Å². The molecule has 4 N–H and O–H groups in total. The summed E-state index contributed by atoms with van der Waals surface area (Å²) in [6.45, 7) is 3.53. The summed E-state index contributed by atoms with van der Waals surface area (Å²) in [5.41, 5.74) is 6.61. The van der Waals surface area contributed by atoms with Gasteiger partial charge in [-0.3, -0.25) is 0 Å². The van der Waals surface area contributed by atoms with Gasteiger partial charge in [0.1, 0.15) is 0 Å². The maximum absolute atomic E-state index is 12.5. The Labute approximate surface area is 126 Å². The first-order valence-corrected chi connectivity index (χ1v) is 8.81. The van der Waals surface area contributed by atoms with Crippen LogP contribution in [0.2, 0.25) is 0 Å². The van der Waals surface area contributed by atoms with E-state index in [1.807, 2.05) is 0 Å². The smallest absolute Gasteiger partial charge is 0.241 e. The lowest BCUT2D eigenvalue weighted by atomic mass is 9.85. The molecule has 0 saturated heterocycles. The number of aliphatic hydroxyl groups is 1. The molecule has 0 aromatic heterocycles. The molecule has 1 aromatic carbocycles. The molecule has 1 fully saturated rings. The molecule has 0 radical (unpaired) electrons. The minimum atomic E-state index is -3.64. The van der Waals surface area contributed by atoms with Crippen LogP contribution in [0.1, 0.15) is 43.2 Å². The molecular formula is C15H24N2O3S. The number of benzene rings is 1. The Morgan fingerprint density at radius 2 is 1.71 bits per heavy atom. The molecule has 0 heterocycles. The molecule has 5 nitrogen and oxygen atoms in total. The maximum atomic E-state index is 12.5. The standard InChI is InChI=1S/C15H24N2O3S/c1-11-8-13(16)9-12(2)14(11)21(19,20)17-10-15(18)6-4-3-5-7-15/h8-9,17-18H,3-7,10,16H2,1-2H3. The molecule has 0 aliphatic heterocycles. The number of hydrogen-bond donors (Lipinski definition) is 3. The van der Waals surface area contributed by atoms with Gasteiger partial charge >= 0.3 is 0 Å². The first kappa shape index (κ1) is 16.3. The zero-order chi connectivity index (χ0) is 15.7. The molecule has 1 aromatic rings. The zero-order valence-corrected chi connectivity index (χ0v) is 13.5. The van der Waals surface area contributed by atoms with E-state index in [1.165, 1.54) is 0 Å². The summed E-state index contributed by atoms with van der Waals surface area (Å²) in [6, 6.07) is 3.30. The lowest BCUT2D eigenvalue weighted by Crippen LogP contribution is -2.44. The van der Waals surface area contributed by atoms with E-state index in [-0.39, 0.29) is 11.4 Å². The van der Waals surface area contributed by atoms with Crippen molar-refractivity contribution in [1.29, 1.82) is 0 Å². The summed E-state index contributed by atoms with van der Waals surface area (Å²) in [5.74, 6) is 0. The Kier molecular flexibility index (Phi) is 4.60. The van der Waals surface area contributed by atoms with Gasteiger partial charge in [-0.25, -0.2) is 13.1 Å². The summed E-state index contributed by atoms with van der Waals surface area (Å²) in [5, 5.41) is 10.4. The Morgan fingerprint density at radius 1 is 1.19 bits per heavy atom. The molecule has 118 valence electrons. The van der Waals surface area contributed by atoms with E-state index in [9.17, 15) is 13.5 Å². The van der Waals surface area contributed by atoms with Crippen molar-refractivity contribution in [2.24, 2.45) is 0 Å². The van der Waals surface area contributed by atoms with Crippen molar-refractivity contribution in [1.82, 2.24) is 4.72 Å². The lowest BCUT2D eigenvalue weighted by molar-refractivity contribution is 0.00945. The largest absolute Gasteiger partial charge is 0.399 e. The van der Waals surface area contributed by atoms with Gasteiger partial charge in [-0.15, -0.1) is 0 Å². The predicted molar refractivity (Wildman–Crippen MR) is 83.6 cm³/mol. The molecule has 21 heavy (non-hydrogen) atoms. The van der Waals surface area contributed by atoms with Gasteiger partial charge in [-0.2, -0.15) is 0 Å². The van der Waals surface area contributed by atoms with E-state index in [2.05, 4.69) is 4.72 Å². The topological polar surface area (TPSA) is 92.4 Å². The Morgan fingerprint density at radius 3 is 2.24 bits per heavy atom. The number of hydrogen-bond acceptors (Lipinski definition) is 4. The summed E-state index contributed by atoms with van der Waals surface area (Å²) >= 11 is 0. The van der Waals surface area contributed by atoms with Crippen molar-refractivity contribution in [3.63, 3.8) is 0 Å². The van der Waals surface area contributed by atoms with Gasteiger partial charge in [0, 0.05) is 12.2 Å². The molecule has 0 atom stereocenters. The Balaban J connectivity index is 2.19. The van der Waals surface area contributed by atoms with Crippen LogP contribution in [0, 0.1) is 13.8 Å². The third kappa shape index (κ3) is 3.75. The predicted octanol–water partition coefficient (Wildman–Crippen LogP) is 1.86. The highest BCUT2D eigenvalue weighted by molar-refractivity contribution is 7.89. The molecule has 0 bridgehead atoms. The number of anilines is 1. The molecule has 6 heteroatoms. The number of nitrogen functional groups attached to an aromatic ring is 1. The van der Waals surface area contributed by atoms with Gasteiger partial charge in [0.25, 0.3) is 0 Å². The van der Waals surface area contributed by atoms with E-state index >= 15 is 0 Å². The van der Waals surface area contributed by atoms with Crippen LogP contribution in [0.25, 0.3) is 0 Å². The molecule has 2 rings (SSSR count). The van der Waals surface area contributed by atoms with E-state index in [0.29, 0.717) is 29.7 Å². The first-order valence-electron chi connectivity index (χ1n) is 7.32. The van der Waals surface area contributed by atoms with Gasteiger partial charge in [-0.1, -0.05) is 19.3 Å². The van der Waals surface area contributed by atoms with E-state index in [1.54, 1.807) is 26.0 Å². The summed E-state index contributed by atoms with van der Waals surface area (Å²) in [6.07, 6.45) is 4.28. The summed E-state index contributed by atoms with van der Waals surface area (Å²) in [4.78, 5) is 0.260. The van der Waals surface area contributed by atoms with Crippen LogP contribution in [0.5, 0.6) is 0 Å². The number of sulfonamides is 1. The van der Waals surface area contributed by atoms with Crippen molar-refractivity contribution in [3.8, 4) is 0 Å². The zero-order valence-electron chi connectivity index (χ0n) is 12.6. The summed E-state index contributed by atoms with van der Waals surface area (Å²) in [7, 11) is -3.64. The van der Waals surface area contributed by atoms with Crippen LogP contribution in [0.4, 0.5) is 5.69 Å². The second kappa shape index (κ2) is 5.94. The van der Waals surface area contributed by atoms with Crippen LogP contribution >= 0.6 is 0 Å². The fourth-order valence-electron chi connectivity index (χ4n) is 3.10. The SMILES string of the molecule is Cc1cc(N)cc(C)c1S(=O)(=O)NCC1(O)CCCCC1. The highest BCUT2D eigenvalue weighted by Gasteiger charge is 2.31. The van der Waals surface area contributed by atoms with Crippen molar-refractivity contribution in [2.45, 2.75) is 56.4 Å². The summed E-state index contributed by atoms with van der Waals surface area (Å²) < 4.78 is 27.6. The molecule has 1 saturated carbocycles. The van der Waals surface area contributed by atoms with E-state index in [0.717, 1.165) is 19.3 Å². The van der Waals surface area contributed by atoms with Crippen molar-refractivity contribution >= 4 is 15.7 Å². The van der Waals surface area contributed by atoms with Crippen molar-refractivity contribution in [2.75, 3.05) is 12.3 Å². The maximum Gasteiger partial charge on any atom is 0.241 e. The minimum Gasteiger partial charge on any atom is -0.399 e. The average molecular weight is 312 g/mol. The third-order valence-corrected chi connectivity index (χ3v) is 5.83. The number of nitrogens with one attached hydrogen (secondary N) is 1. The fraction of sp³-hybridized carbons (Fsp3) is 0.600. The number of nitrogens with two attached hydrogens (primary N) is 1. The van der Waals surface area contributed by atoms with Gasteiger partial charge in [-0.05, 0) is 49.9 Å². The minimum absolute atomic E-state index is 0.0680. The van der Waals surface area contributed by atoms with Crippen molar-refractivity contribution in [3.05, 3.63) is 23.3 Å². The molecule has 1 aliphatic carbocycles. The lowest BCUT2D eigenvalue weighted by Gasteiger charge is -2.32. The third-order valence-electron chi connectivity index (χ3n) is 4.13. The Hall–Kier alpha value is -1.11. The van der Waals surface area contributed by atoms with Crippen LogP contribution in [0.3, 0.4) is 0 Å². The van der Waals surface area contributed by atoms with Gasteiger partial charge in [0.15, 0.2) is 0 Å². The second-order valence-corrected chi connectivity index (χ2v) is 7.80. The monoisotopic (exact) mass is 312 g/mol. The average Bonchev–Trinajstić information content (AvgIpc) is 2.36. The molecule has 0 amide bonds. The number of aryl methyl sites for hydroxylation is 2. The Bertz CT molecular complexity index is 597. The van der Waals surface area contributed by atoms with Gasteiger partial charge in [0.2, 0.25) is 10.0 Å². The second-order valence-electron chi connectivity index (χ2n) is 6.09. The normalized spacial score (nSPS) is 18.6. The molecule has 1 aliphatic rings. The molecule has 0 spiro atoms. The van der Waals surface area contributed by atoms with Gasteiger partial charge < -0.3 is 10.8 Å². The van der Waals surface area contributed by atoms with Crippen LogP contribution in [-0.2, 0) is 10.0 Å². The van der Waals surface area contributed by atoms with Crippen LogP contribution < -0.4 is 10.5 Å². The van der Waals surface area contributed by atoms with Gasteiger partial charge in [0.05, 0.1) is 10.5 Å². The molecule has 0 unspecified atom stereocenters. The van der Waals surface area contributed by atoms with Crippen LogP contribution in [-0.4, -0.2) is 25.7 Å². The molecular weight excluding hydrogens is 288 g/mol. The number of rotatable bonds is 4. The van der Waals surface area contributed by atoms with Crippen molar-refractivity contribution < 1.29 is 13.5 Å². The van der Waals surface area contributed by atoms with Crippen LogP contribution in [0.15, 0.2) is 17.0 Å². The highest BCUT2D eigenvalue weighted by atomic mass is 32.2. The quantitative estimate of drug-likeness (QED) is 0.740. The fourth-order valence-corrected chi connectivity index (χ4v) is 4.66. The van der Waals surface area contributed by atoms with E-state index in [4.69, 9.17) is 5.73 Å².